The van der Waals surface area contributed by atoms with Crippen LogP contribution in [0.25, 0.3) is 0 Å². The first-order valence-corrected chi connectivity index (χ1v) is 7.19. The Labute approximate surface area is 129 Å². The lowest BCUT2D eigenvalue weighted by Crippen LogP contribution is -2.53. The average Bonchev–Trinajstić information content (AvgIpc) is 2.28. The van der Waals surface area contributed by atoms with E-state index in [1.165, 1.54) is 7.11 Å². The summed E-state index contributed by atoms with van der Waals surface area (Å²) in [6, 6.07) is 0. The zero-order valence-electron chi connectivity index (χ0n) is 11.0. The largest absolute Gasteiger partial charge is 0.368 e. The molecule has 1 rings (SSSR count). The van der Waals surface area contributed by atoms with E-state index < -0.39 is 17.9 Å². The monoisotopic (exact) mass is 316 g/mol. The number of ketones is 1. The van der Waals surface area contributed by atoms with Crippen LogP contribution in [0.2, 0.25) is 0 Å². The van der Waals surface area contributed by atoms with Gasteiger partial charge in [0.25, 0.3) is 0 Å². The van der Waals surface area contributed by atoms with Gasteiger partial charge in [-0.2, -0.15) is 0 Å². The van der Waals surface area contributed by atoms with Gasteiger partial charge in [-0.25, -0.2) is 0 Å². The molecule has 0 radical (unpaired) electrons. The molecule has 104 valence electrons. The molecule has 0 spiro atoms. The molecule has 1 fully saturated rings. The highest BCUT2D eigenvalue weighted by Gasteiger charge is 2.45. The summed E-state index contributed by atoms with van der Waals surface area (Å²) in [6.07, 6.45) is 0.368. The number of hydrogen-bond donors (Lipinski definition) is 0. The minimum absolute atomic E-state index is 0.323. The second-order valence-electron chi connectivity index (χ2n) is 4.93. The first kappa shape index (κ1) is 16.6. The Kier molecular flexibility index (Phi) is 5.98. The van der Waals surface area contributed by atoms with Crippen LogP contribution in [-0.4, -0.2) is 39.9 Å². The maximum Gasteiger partial charge on any atom is 0.181 e. The fraction of sp³-hybridized carbons (Fsp3) is 0.615. The van der Waals surface area contributed by atoms with Crippen LogP contribution in [0.4, 0.5) is 0 Å². The highest BCUT2D eigenvalue weighted by molar-refractivity contribution is 7.84. The van der Waals surface area contributed by atoms with Gasteiger partial charge in [0.1, 0.15) is 18.3 Å². The van der Waals surface area contributed by atoms with Crippen molar-refractivity contribution in [2.45, 2.75) is 26.4 Å². The van der Waals surface area contributed by atoms with Crippen molar-refractivity contribution in [1.82, 2.24) is 0 Å². The first-order valence-electron chi connectivity index (χ1n) is 5.97. The SMILES string of the molecule is COC1C(=O)C(C=O)C(=S)C(C(=S)CC(C)C)C1=S. The molecule has 1 aliphatic rings. The molecule has 0 amide bonds. The van der Waals surface area contributed by atoms with Gasteiger partial charge in [0, 0.05) is 21.7 Å². The van der Waals surface area contributed by atoms with Crippen molar-refractivity contribution < 1.29 is 14.3 Å². The third kappa shape index (κ3) is 3.37. The highest BCUT2D eigenvalue weighted by Crippen LogP contribution is 2.27. The lowest BCUT2D eigenvalue weighted by atomic mass is 9.76. The second-order valence-corrected chi connectivity index (χ2v) is 6.40. The summed E-state index contributed by atoms with van der Waals surface area (Å²) in [7, 11) is 1.40. The van der Waals surface area contributed by atoms with Gasteiger partial charge in [-0.05, 0) is 12.3 Å². The maximum absolute atomic E-state index is 12.0. The predicted octanol–water partition coefficient (Wildman–Crippen LogP) is 2.17. The fourth-order valence-corrected chi connectivity index (χ4v) is 3.85. The third-order valence-electron chi connectivity index (χ3n) is 3.00. The van der Waals surface area contributed by atoms with E-state index in [1.807, 2.05) is 13.8 Å². The second kappa shape index (κ2) is 6.83. The van der Waals surface area contributed by atoms with Crippen molar-refractivity contribution in [3.8, 4) is 0 Å². The van der Waals surface area contributed by atoms with Crippen LogP contribution in [0.3, 0.4) is 0 Å². The van der Waals surface area contributed by atoms with Gasteiger partial charge in [0.15, 0.2) is 5.78 Å². The van der Waals surface area contributed by atoms with Crippen LogP contribution in [-0.2, 0) is 14.3 Å². The molecule has 0 aromatic carbocycles. The minimum atomic E-state index is -0.943. The van der Waals surface area contributed by atoms with E-state index in [0.29, 0.717) is 33.2 Å². The molecule has 0 saturated heterocycles. The number of thiocarbonyl (C=S) groups is 3. The molecular weight excluding hydrogens is 300 g/mol. The molecular formula is C13H16O3S3. The van der Waals surface area contributed by atoms with Crippen molar-refractivity contribution in [1.29, 1.82) is 0 Å². The number of aldehydes is 1. The highest BCUT2D eigenvalue weighted by atomic mass is 32.1. The summed E-state index contributed by atoms with van der Waals surface area (Å²) in [6.45, 7) is 4.08. The number of Topliss-reactive ketones (excluding diaryl/α,β-unsaturated/α-hetero) is 1. The fourth-order valence-electron chi connectivity index (χ4n) is 2.12. The smallest absolute Gasteiger partial charge is 0.181 e. The quantitative estimate of drug-likeness (QED) is 0.440. The number of methoxy groups -OCH3 is 1. The van der Waals surface area contributed by atoms with Crippen LogP contribution >= 0.6 is 36.7 Å². The van der Waals surface area contributed by atoms with Crippen LogP contribution in [0.1, 0.15) is 20.3 Å². The molecule has 0 aromatic rings. The molecule has 6 heteroatoms. The molecule has 0 aromatic heterocycles. The van der Waals surface area contributed by atoms with Crippen molar-refractivity contribution in [2.24, 2.45) is 17.8 Å². The molecule has 0 heterocycles. The van der Waals surface area contributed by atoms with E-state index in [4.69, 9.17) is 41.4 Å². The van der Waals surface area contributed by atoms with Gasteiger partial charge in [0.2, 0.25) is 0 Å². The Balaban J connectivity index is 3.11. The van der Waals surface area contributed by atoms with Gasteiger partial charge >= 0.3 is 0 Å². The average molecular weight is 316 g/mol. The topological polar surface area (TPSA) is 43.4 Å². The van der Waals surface area contributed by atoms with Crippen molar-refractivity contribution in [2.75, 3.05) is 7.11 Å². The molecule has 3 atom stereocenters. The van der Waals surface area contributed by atoms with Gasteiger partial charge < -0.3 is 9.53 Å². The zero-order chi connectivity index (χ0) is 14.7. The number of carbonyl (C=O) groups is 2. The molecule has 1 saturated carbocycles. The number of hydrogen-bond acceptors (Lipinski definition) is 6. The maximum atomic E-state index is 12.0. The summed E-state index contributed by atoms with van der Waals surface area (Å²) in [5.74, 6) is -1.40. The Morgan fingerprint density at radius 1 is 1.37 bits per heavy atom. The summed E-state index contributed by atoms with van der Waals surface area (Å²) < 4.78 is 5.11. The predicted molar refractivity (Wildman–Crippen MR) is 86.1 cm³/mol. The van der Waals surface area contributed by atoms with E-state index in [9.17, 15) is 9.59 Å². The number of rotatable bonds is 5. The van der Waals surface area contributed by atoms with Gasteiger partial charge in [0.05, 0.1) is 5.92 Å². The molecule has 19 heavy (non-hydrogen) atoms. The Morgan fingerprint density at radius 3 is 2.37 bits per heavy atom. The number of ether oxygens (including phenoxy) is 1. The summed E-state index contributed by atoms with van der Waals surface area (Å²) >= 11 is 15.9. The van der Waals surface area contributed by atoms with Gasteiger partial charge in [-0.1, -0.05) is 50.5 Å². The Morgan fingerprint density at radius 2 is 1.95 bits per heavy atom. The van der Waals surface area contributed by atoms with Crippen LogP contribution in [0, 0.1) is 17.8 Å². The normalized spacial score (nSPS) is 27.8. The van der Waals surface area contributed by atoms with E-state index >= 15 is 0 Å². The first-order chi connectivity index (χ1) is 8.84. The molecule has 3 nitrogen and oxygen atoms in total. The molecule has 0 N–H and O–H groups in total. The lowest BCUT2D eigenvalue weighted by molar-refractivity contribution is -0.130. The van der Waals surface area contributed by atoms with Gasteiger partial charge in [-0.3, -0.25) is 4.79 Å². The standard InChI is InChI=1S/C13H16O3S3/c1-6(2)4-8(17)9-12(18)7(5-14)10(15)11(16-3)13(9)19/h5-7,9,11H,4H2,1-3H3. The van der Waals surface area contributed by atoms with Crippen molar-refractivity contribution in [3.63, 3.8) is 0 Å². The molecule has 0 bridgehead atoms. The molecule has 0 aliphatic heterocycles. The van der Waals surface area contributed by atoms with Crippen LogP contribution in [0.15, 0.2) is 0 Å². The minimum Gasteiger partial charge on any atom is -0.368 e. The van der Waals surface area contributed by atoms with E-state index in [1.54, 1.807) is 0 Å². The van der Waals surface area contributed by atoms with E-state index in [0.717, 1.165) is 0 Å². The summed E-state index contributed by atoms with van der Waals surface area (Å²) in [4.78, 5) is 24.5. The van der Waals surface area contributed by atoms with Gasteiger partial charge in [-0.15, -0.1) is 0 Å². The van der Waals surface area contributed by atoms with Crippen LogP contribution < -0.4 is 0 Å². The number of carbonyl (C=O) groups excluding carboxylic acids is 2. The molecule has 1 aliphatic carbocycles. The Hall–Kier alpha value is -0.430. The molecule has 3 unspecified atom stereocenters. The summed E-state index contributed by atoms with van der Waals surface area (Å²) in [5, 5.41) is 0. The zero-order valence-corrected chi connectivity index (χ0v) is 13.5. The lowest BCUT2D eigenvalue weighted by Gasteiger charge is -2.33. The van der Waals surface area contributed by atoms with E-state index in [2.05, 4.69) is 0 Å². The van der Waals surface area contributed by atoms with Crippen molar-refractivity contribution in [3.05, 3.63) is 0 Å². The van der Waals surface area contributed by atoms with E-state index in [-0.39, 0.29) is 5.78 Å². The third-order valence-corrected chi connectivity index (χ3v) is 4.34. The Bertz CT molecular complexity index is 442. The van der Waals surface area contributed by atoms with Crippen molar-refractivity contribution >= 4 is 63.3 Å². The summed E-state index contributed by atoms with van der Waals surface area (Å²) in [5.41, 5.74) is 0. The van der Waals surface area contributed by atoms with Crippen LogP contribution in [0.5, 0.6) is 0 Å².